The average molecular weight is 164 g/mol. The topological polar surface area (TPSA) is 0 Å². The molecular weight excluding hydrogens is 144 g/mol. The minimum Gasteiger partial charge on any atom is -0.0988 e. The van der Waals surface area contributed by atoms with E-state index in [0.29, 0.717) is 5.92 Å². The summed E-state index contributed by atoms with van der Waals surface area (Å²) < 4.78 is 0. The summed E-state index contributed by atoms with van der Waals surface area (Å²) >= 11 is 0. The first kappa shape index (κ1) is 11.2. The Kier molecular flexibility index (Phi) is 5.44. The fraction of sp³-hybridized carbons (Fsp3) is 0.500. The molecule has 0 radical (unpaired) electrons. The molecule has 0 unspecified atom stereocenters. The SMILES string of the molecule is C=C/C(CC)=C(\C=C/C)C(C)C. The van der Waals surface area contributed by atoms with E-state index >= 15 is 0 Å². The van der Waals surface area contributed by atoms with Crippen molar-refractivity contribution in [2.24, 2.45) is 5.92 Å². The van der Waals surface area contributed by atoms with Crippen LogP contribution < -0.4 is 0 Å². The van der Waals surface area contributed by atoms with Crippen LogP contribution in [0, 0.1) is 5.92 Å². The second-order valence-electron chi connectivity index (χ2n) is 3.19. The Morgan fingerprint density at radius 2 is 2.00 bits per heavy atom. The predicted octanol–water partition coefficient (Wildman–Crippen LogP) is 4.11. The molecule has 0 atom stereocenters. The van der Waals surface area contributed by atoms with Gasteiger partial charge in [-0.3, -0.25) is 0 Å². The van der Waals surface area contributed by atoms with Crippen LogP contribution in [0.5, 0.6) is 0 Å². The first-order chi connectivity index (χ1) is 5.67. The minimum absolute atomic E-state index is 0.592. The molecule has 0 N–H and O–H groups in total. The van der Waals surface area contributed by atoms with Crippen molar-refractivity contribution >= 4 is 0 Å². The molecule has 0 spiro atoms. The van der Waals surface area contributed by atoms with Gasteiger partial charge in [0.25, 0.3) is 0 Å². The first-order valence-electron chi connectivity index (χ1n) is 4.65. The van der Waals surface area contributed by atoms with Gasteiger partial charge < -0.3 is 0 Å². The molecule has 0 aliphatic carbocycles. The Labute approximate surface area is 76.7 Å². The van der Waals surface area contributed by atoms with Gasteiger partial charge in [0.05, 0.1) is 0 Å². The van der Waals surface area contributed by atoms with E-state index in [2.05, 4.69) is 46.4 Å². The summed E-state index contributed by atoms with van der Waals surface area (Å²) in [5, 5.41) is 0. The number of hydrogen-bond acceptors (Lipinski definition) is 0. The van der Waals surface area contributed by atoms with Gasteiger partial charge in [0.15, 0.2) is 0 Å². The number of allylic oxidation sites excluding steroid dienone is 5. The Hall–Kier alpha value is -0.780. The van der Waals surface area contributed by atoms with Crippen molar-refractivity contribution in [3.8, 4) is 0 Å². The molecule has 0 aromatic carbocycles. The largest absolute Gasteiger partial charge is 0.0988 e. The van der Waals surface area contributed by atoms with Crippen LogP contribution in [0.2, 0.25) is 0 Å². The van der Waals surface area contributed by atoms with Gasteiger partial charge in [-0.1, -0.05) is 45.6 Å². The third-order valence-corrected chi connectivity index (χ3v) is 1.97. The van der Waals surface area contributed by atoms with Gasteiger partial charge in [0, 0.05) is 0 Å². The molecule has 0 saturated heterocycles. The zero-order valence-electron chi connectivity index (χ0n) is 8.72. The lowest BCUT2D eigenvalue weighted by Gasteiger charge is -2.10. The van der Waals surface area contributed by atoms with Crippen molar-refractivity contribution in [1.29, 1.82) is 0 Å². The van der Waals surface area contributed by atoms with Crippen molar-refractivity contribution in [2.75, 3.05) is 0 Å². The molecule has 0 fully saturated rings. The highest BCUT2D eigenvalue weighted by molar-refractivity contribution is 5.33. The lowest BCUT2D eigenvalue weighted by atomic mass is 9.95. The van der Waals surface area contributed by atoms with Crippen molar-refractivity contribution in [3.05, 3.63) is 36.0 Å². The van der Waals surface area contributed by atoms with Gasteiger partial charge in [-0.15, -0.1) is 0 Å². The Bertz CT molecular complexity index is 192. The van der Waals surface area contributed by atoms with E-state index in [1.54, 1.807) is 0 Å². The van der Waals surface area contributed by atoms with Crippen LogP contribution >= 0.6 is 0 Å². The van der Waals surface area contributed by atoms with E-state index in [1.807, 2.05) is 6.08 Å². The summed E-state index contributed by atoms with van der Waals surface area (Å²) in [6.45, 7) is 12.5. The smallest absolute Gasteiger partial charge is 0.0216 e. The predicted molar refractivity (Wildman–Crippen MR) is 57.2 cm³/mol. The van der Waals surface area contributed by atoms with Gasteiger partial charge in [-0.25, -0.2) is 0 Å². The van der Waals surface area contributed by atoms with Crippen molar-refractivity contribution in [3.63, 3.8) is 0 Å². The van der Waals surface area contributed by atoms with E-state index in [0.717, 1.165) is 6.42 Å². The van der Waals surface area contributed by atoms with Gasteiger partial charge in [-0.2, -0.15) is 0 Å². The molecule has 0 aromatic heterocycles. The number of rotatable bonds is 4. The lowest BCUT2D eigenvalue weighted by Crippen LogP contribution is -1.94. The third-order valence-electron chi connectivity index (χ3n) is 1.97. The maximum absolute atomic E-state index is 3.83. The van der Waals surface area contributed by atoms with Crippen LogP contribution in [-0.4, -0.2) is 0 Å². The van der Waals surface area contributed by atoms with Crippen LogP contribution in [0.1, 0.15) is 34.1 Å². The second-order valence-corrected chi connectivity index (χ2v) is 3.19. The highest BCUT2D eigenvalue weighted by Gasteiger charge is 2.02. The van der Waals surface area contributed by atoms with Crippen molar-refractivity contribution < 1.29 is 0 Å². The van der Waals surface area contributed by atoms with Gasteiger partial charge in [0.2, 0.25) is 0 Å². The quantitative estimate of drug-likeness (QED) is 0.548. The Morgan fingerprint density at radius 1 is 1.42 bits per heavy atom. The van der Waals surface area contributed by atoms with E-state index in [-0.39, 0.29) is 0 Å². The zero-order chi connectivity index (χ0) is 9.56. The summed E-state index contributed by atoms with van der Waals surface area (Å²) in [4.78, 5) is 0. The molecule has 0 aliphatic rings. The summed E-state index contributed by atoms with van der Waals surface area (Å²) in [5.41, 5.74) is 2.78. The lowest BCUT2D eigenvalue weighted by molar-refractivity contribution is 0.776. The first-order valence-corrected chi connectivity index (χ1v) is 4.65. The van der Waals surface area contributed by atoms with E-state index < -0.39 is 0 Å². The van der Waals surface area contributed by atoms with Crippen molar-refractivity contribution in [2.45, 2.75) is 34.1 Å². The minimum atomic E-state index is 0.592. The molecule has 0 amide bonds. The van der Waals surface area contributed by atoms with Crippen LogP contribution in [0.3, 0.4) is 0 Å². The van der Waals surface area contributed by atoms with Crippen LogP contribution in [0.15, 0.2) is 36.0 Å². The normalized spacial score (nSPS) is 13.8. The monoisotopic (exact) mass is 164 g/mol. The molecule has 0 nitrogen and oxygen atoms in total. The van der Waals surface area contributed by atoms with Crippen LogP contribution in [-0.2, 0) is 0 Å². The number of hydrogen-bond donors (Lipinski definition) is 0. The average Bonchev–Trinajstić information content (AvgIpc) is 2.05. The van der Waals surface area contributed by atoms with Crippen LogP contribution in [0.25, 0.3) is 0 Å². The van der Waals surface area contributed by atoms with Crippen molar-refractivity contribution in [1.82, 2.24) is 0 Å². The molecule has 0 aromatic rings. The molecule has 0 bridgehead atoms. The molecule has 0 rings (SSSR count). The van der Waals surface area contributed by atoms with E-state index in [4.69, 9.17) is 0 Å². The highest BCUT2D eigenvalue weighted by Crippen LogP contribution is 2.19. The second kappa shape index (κ2) is 5.82. The third kappa shape index (κ3) is 3.08. The standard InChI is InChI=1S/C12H20/c1-6-9-12(10(4)5)11(7-2)8-3/h6-7,9-10H,2,8H2,1,3-5H3/b9-6-,12-11-. The Morgan fingerprint density at radius 3 is 2.25 bits per heavy atom. The summed E-state index contributed by atoms with van der Waals surface area (Å²) in [6.07, 6.45) is 7.32. The molecule has 0 heterocycles. The Balaban J connectivity index is 4.88. The molecule has 12 heavy (non-hydrogen) atoms. The van der Waals surface area contributed by atoms with Gasteiger partial charge in [0.1, 0.15) is 0 Å². The fourth-order valence-electron chi connectivity index (χ4n) is 1.32. The molecule has 0 saturated carbocycles. The molecule has 68 valence electrons. The van der Waals surface area contributed by atoms with E-state index in [9.17, 15) is 0 Å². The maximum Gasteiger partial charge on any atom is -0.0216 e. The summed E-state index contributed by atoms with van der Waals surface area (Å²) in [7, 11) is 0. The molecule has 0 aliphatic heterocycles. The maximum atomic E-state index is 3.83. The molecular formula is C12H20. The zero-order valence-corrected chi connectivity index (χ0v) is 8.72. The fourth-order valence-corrected chi connectivity index (χ4v) is 1.32. The highest BCUT2D eigenvalue weighted by atomic mass is 14.1. The summed E-state index contributed by atoms with van der Waals surface area (Å²) in [6, 6.07) is 0. The van der Waals surface area contributed by atoms with Gasteiger partial charge in [-0.05, 0) is 30.4 Å². The van der Waals surface area contributed by atoms with Gasteiger partial charge >= 0.3 is 0 Å². The summed E-state index contributed by atoms with van der Waals surface area (Å²) in [5.74, 6) is 0.592. The molecule has 0 heteroatoms. The van der Waals surface area contributed by atoms with E-state index in [1.165, 1.54) is 11.1 Å². The van der Waals surface area contributed by atoms with Crippen LogP contribution in [0.4, 0.5) is 0 Å².